The van der Waals surface area contributed by atoms with E-state index < -0.39 is 11.6 Å². The van der Waals surface area contributed by atoms with Gasteiger partial charge in [-0.05, 0) is 43.2 Å². The Balaban J connectivity index is 1.66. The van der Waals surface area contributed by atoms with Gasteiger partial charge in [0.1, 0.15) is 34.9 Å². The predicted molar refractivity (Wildman–Crippen MR) is 95.0 cm³/mol. The van der Waals surface area contributed by atoms with Crippen molar-refractivity contribution in [3.8, 4) is 0 Å². The molecule has 3 aromatic rings. The fourth-order valence-electron chi connectivity index (χ4n) is 2.44. The molecule has 0 saturated heterocycles. The number of benzene rings is 2. The van der Waals surface area contributed by atoms with Crippen LogP contribution in [0.3, 0.4) is 0 Å². The van der Waals surface area contributed by atoms with Gasteiger partial charge in [-0.1, -0.05) is 12.1 Å². The molecule has 1 aromatic heterocycles. The maximum absolute atomic E-state index is 13.8. The maximum Gasteiger partial charge on any atom is 0.149 e. The summed E-state index contributed by atoms with van der Waals surface area (Å²) >= 11 is 0. The quantitative estimate of drug-likeness (QED) is 0.676. The lowest BCUT2D eigenvalue weighted by Crippen LogP contribution is -2.08. The molecule has 7 heteroatoms. The highest BCUT2D eigenvalue weighted by Crippen LogP contribution is 2.21. The third kappa shape index (κ3) is 4.72. The highest BCUT2D eigenvalue weighted by atomic mass is 19.1. The average molecular weight is 358 g/mol. The Bertz CT molecular complexity index is 898. The monoisotopic (exact) mass is 358 g/mol. The third-order valence-electron chi connectivity index (χ3n) is 3.66. The van der Waals surface area contributed by atoms with Gasteiger partial charge >= 0.3 is 0 Å². The fourth-order valence-corrected chi connectivity index (χ4v) is 2.44. The minimum Gasteiger partial charge on any atom is -0.370 e. The molecule has 0 atom stereocenters. The smallest absolute Gasteiger partial charge is 0.149 e. The first-order valence-electron chi connectivity index (χ1n) is 8.06. The van der Waals surface area contributed by atoms with E-state index in [1.165, 1.54) is 24.3 Å². The van der Waals surface area contributed by atoms with Crippen molar-refractivity contribution >= 4 is 17.3 Å². The normalized spacial score (nSPS) is 10.6. The molecule has 0 aliphatic heterocycles. The SMILES string of the molecule is Cc1nc(NCCc2ccc(F)cc2)cc(Nc2ccc(F)cc2F)n1. The number of rotatable bonds is 6. The molecule has 0 aliphatic carbocycles. The second kappa shape index (κ2) is 7.86. The number of nitrogens with zero attached hydrogens (tertiary/aromatic N) is 2. The van der Waals surface area contributed by atoms with Crippen LogP contribution in [-0.4, -0.2) is 16.5 Å². The van der Waals surface area contributed by atoms with Gasteiger partial charge in [0.05, 0.1) is 5.69 Å². The molecule has 2 N–H and O–H groups in total. The summed E-state index contributed by atoms with van der Waals surface area (Å²) in [5.74, 6) is -0.141. The molecular formula is C19H17F3N4. The molecule has 0 radical (unpaired) electrons. The number of aryl methyl sites for hydroxylation is 1. The number of halogens is 3. The van der Waals surface area contributed by atoms with Crippen LogP contribution < -0.4 is 10.6 Å². The molecule has 0 bridgehead atoms. The van der Waals surface area contributed by atoms with Crippen molar-refractivity contribution in [2.75, 3.05) is 17.2 Å². The first-order chi connectivity index (χ1) is 12.5. The van der Waals surface area contributed by atoms with Gasteiger partial charge in [-0.3, -0.25) is 0 Å². The van der Waals surface area contributed by atoms with E-state index in [0.717, 1.165) is 11.6 Å². The molecule has 0 saturated carbocycles. The summed E-state index contributed by atoms with van der Waals surface area (Å²) in [5, 5.41) is 5.98. The number of anilines is 3. The molecule has 3 rings (SSSR count). The second-order valence-corrected chi connectivity index (χ2v) is 5.74. The Labute approximate surface area is 149 Å². The van der Waals surface area contributed by atoms with Crippen LogP contribution in [0.4, 0.5) is 30.5 Å². The van der Waals surface area contributed by atoms with Gasteiger partial charge in [0, 0.05) is 18.7 Å². The van der Waals surface area contributed by atoms with Crippen molar-refractivity contribution in [2.45, 2.75) is 13.3 Å². The molecule has 26 heavy (non-hydrogen) atoms. The van der Waals surface area contributed by atoms with Crippen molar-refractivity contribution in [3.05, 3.63) is 77.4 Å². The van der Waals surface area contributed by atoms with Crippen LogP contribution in [0.5, 0.6) is 0 Å². The molecule has 0 amide bonds. The Morgan fingerprint density at radius 1 is 0.846 bits per heavy atom. The van der Waals surface area contributed by atoms with E-state index in [1.54, 1.807) is 25.1 Å². The number of nitrogens with one attached hydrogen (secondary N) is 2. The van der Waals surface area contributed by atoms with E-state index in [4.69, 9.17) is 0 Å². The van der Waals surface area contributed by atoms with E-state index in [9.17, 15) is 13.2 Å². The molecule has 2 aromatic carbocycles. The summed E-state index contributed by atoms with van der Waals surface area (Å²) in [6.45, 7) is 2.31. The molecule has 134 valence electrons. The highest BCUT2D eigenvalue weighted by molar-refractivity contribution is 5.59. The van der Waals surface area contributed by atoms with Crippen molar-refractivity contribution in [2.24, 2.45) is 0 Å². The topological polar surface area (TPSA) is 49.8 Å². The molecular weight excluding hydrogens is 341 g/mol. The lowest BCUT2D eigenvalue weighted by atomic mass is 10.1. The predicted octanol–water partition coefficient (Wildman–Crippen LogP) is 4.60. The first kappa shape index (κ1) is 17.7. The number of hydrogen-bond donors (Lipinski definition) is 2. The van der Waals surface area contributed by atoms with E-state index in [2.05, 4.69) is 20.6 Å². The summed E-state index contributed by atoms with van der Waals surface area (Å²) < 4.78 is 39.7. The minimum atomic E-state index is -0.702. The minimum absolute atomic E-state index is 0.127. The van der Waals surface area contributed by atoms with Gasteiger partial charge in [-0.2, -0.15) is 0 Å². The van der Waals surface area contributed by atoms with Gasteiger partial charge < -0.3 is 10.6 Å². The lowest BCUT2D eigenvalue weighted by Gasteiger charge is -2.11. The van der Waals surface area contributed by atoms with Crippen LogP contribution in [0, 0.1) is 24.4 Å². The summed E-state index contributed by atoms with van der Waals surface area (Å²) in [5.41, 5.74) is 1.12. The summed E-state index contributed by atoms with van der Waals surface area (Å²) in [7, 11) is 0. The van der Waals surface area contributed by atoms with Gasteiger partial charge in [0.2, 0.25) is 0 Å². The summed E-state index contributed by atoms with van der Waals surface area (Å²) in [6.07, 6.45) is 0.693. The Hall–Kier alpha value is -3.09. The van der Waals surface area contributed by atoms with Gasteiger partial charge in [-0.25, -0.2) is 23.1 Å². The van der Waals surface area contributed by atoms with Gasteiger partial charge in [0.15, 0.2) is 0 Å². The third-order valence-corrected chi connectivity index (χ3v) is 3.66. The first-order valence-corrected chi connectivity index (χ1v) is 8.06. The van der Waals surface area contributed by atoms with Crippen LogP contribution in [0.15, 0.2) is 48.5 Å². The average Bonchev–Trinajstić information content (AvgIpc) is 2.59. The second-order valence-electron chi connectivity index (χ2n) is 5.74. The largest absolute Gasteiger partial charge is 0.370 e. The maximum atomic E-state index is 13.8. The van der Waals surface area contributed by atoms with Crippen molar-refractivity contribution in [1.82, 2.24) is 9.97 Å². The van der Waals surface area contributed by atoms with Gasteiger partial charge in [0.25, 0.3) is 0 Å². The summed E-state index contributed by atoms with van der Waals surface area (Å²) in [4.78, 5) is 8.49. The lowest BCUT2D eigenvalue weighted by molar-refractivity contribution is 0.586. The standard InChI is InChI=1S/C19H17F3N4/c1-12-24-18(23-9-8-13-2-4-14(20)5-3-13)11-19(25-12)26-17-7-6-15(21)10-16(17)22/h2-7,10-11H,8-9H2,1H3,(H2,23,24,25,26). The Morgan fingerprint density at radius 3 is 2.27 bits per heavy atom. The molecule has 1 heterocycles. The molecule has 0 spiro atoms. The molecule has 4 nitrogen and oxygen atoms in total. The molecule has 0 unspecified atom stereocenters. The zero-order valence-corrected chi connectivity index (χ0v) is 14.1. The number of hydrogen-bond acceptors (Lipinski definition) is 4. The van der Waals surface area contributed by atoms with Crippen LogP contribution >= 0.6 is 0 Å². The van der Waals surface area contributed by atoms with E-state index >= 15 is 0 Å². The van der Waals surface area contributed by atoms with Crippen molar-refractivity contribution in [3.63, 3.8) is 0 Å². The zero-order chi connectivity index (χ0) is 18.5. The van der Waals surface area contributed by atoms with Crippen LogP contribution in [0.1, 0.15) is 11.4 Å². The van der Waals surface area contributed by atoms with Crippen molar-refractivity contribution < 1.29 is 13.2 Å². The Morgan fingerprint density at radius 2 is 1.54 bits per heavy atom. The Kier molecular flexibility index (Phi) is 5.36. The summed E-state index contributed by atoms with van der Waals surface area (Å²) in [6, 6.07) is 11.2. The van der Waals surface area contributed by atoms with E-state index in [-0.39, 0.29) is 11.5 Å². The van der Waals surface area contributed by atoms with Crippen LogP contribution in [-0.2, 0) is 6.42 Å². The van der Waals surface area contributed by atoms with Crippen LogP contribution in [0.25, 0.3) is 0 Å². The van der Waals surface area contributed by atoms with E-state index in [0.29, 0.717) is 30.4 Å². The fraction of sp³-hybridized carbons (Fsp3) is 0.158. The zero-order valence-electron chi connectivity index (χ0n) is 14.1. The molecule has 0 fully saturated rings. The van der Waals surface area contributed by atoms with E-state index in [1.807, 2.05) is 0 Å². The van der Waals surface area contributed by atoms with Gasteiger partial charge in [-0.15, -0.1) is 0 Å². The number of aromatic nitrogens is 2. The highest BCUT2D eigenvalue weighted by Gasteiger charge is 2.07. The molecule has 0 aliphatic rings. The van der Waals surface area contributed by atoms with Crippen LogP contribution in [0.2, 0.25) is 0 Å². The van der Waals surface area contributed by atoms with Crippen molar-refractivity contribution in [1.29, 1.82) is 0 Å².